The van der Waals surface area contributed by atoms with E-state index in [0.717, 1.165) is 51.4 Å². The van der Waals surface area contributed by atoms with Gasteiger partial charge < -0.3 is 5.11 Å². The van der Waals surface area contributed by atoms with E-state index in [2.05, 4.69) is 6.92 Å². The highest BCUT2D eigenvalue weighted by molar-refractivity contribution is 7.86. The molecule has 28 heavy (non-hydrogen) atoms. The first-order valence-electron chi connectivity index (χ1n) is 12.1. The predicted octanol–water partition coefficient (Wildman–Crippen LogP) is 7.06. The van der Waals surface area contributed by atoms with Gasteiger partial charge >= 0.3 is 0 Å². The van der Waals surface area contributed by atoms with E-state index in [-0.39, 0.29) is 6.10 Å². The molecule has 0 aliphatic carbocycles. The zero-order chi connectivity index (χ0) is 21.1. The number of unbranched alkanes of at least 4 members (excludes halogenated alkanes) is 12. The van der Waals surface area contributed by atoms with Crippen LogP contribution in [-0.4, -0.2) is 29.4 Å². The molecule has 5 heteroatoms. The lowest BCUT2D eigenvalue weighted by molar-refractivity contribution is 0.150. The van der Waals surface area contributed by atoms with Gasteiger partial charge in [0.25, 0.3) is 10.1 Å². The van der Waals surface area contributed by atoms with E-state index < -0.39 is 15.4 Å². The second kappa shape index (κ2) is 18.9. The van der Waals surface area contributed by atoms with Gasteiger partial charge in [0.05, 0.1) is 11.4 Å². The first-order valence-corrected chi connectivity index (χ1v) is 13.6. The molecular formula is C23H48O4S. The molecule has 170 valence electrons. The number of hydrogen-bond acceptors (Lipinski definition) is 3. The van der Waals surface area contributed by atoms with Gasteiger partial charge in [-0.25, -0.2) is 0 Å². The molecule has 2 unspecified atom stereocenters. The maximum absolute atomic E-state index is 11.6. The molecule has 0 aliphatic heterocycles. The summed E-state index contributed by atoms with van der Waals surface area (Å²) in [5.41, 5.74) is 0. The van der Waals surface area contributed by atoms with Crippen molar-refractivity contribution in [3.63, 3.8) is 0 Å². The Balaban J connectivity index is 3.69. The van der Waals surface area contributed by atoms with Gasteiger partial charge in [0.15, 0.2) is 0 Å². The van der Waals surface area contributed by atoms with Crippen molar-refractivity contribution in [1.29, 1.82) is 0 Å². The third-order valence-corrected chi connectivity index (χ3v) is 7.05. The summed E-state index contributed by atoms with van der Waals surface area (Å²) < 4.78 is 32.7. The Morgan fingerprint density at radius 1 is 0.571 bits per heavy atom. The molecule has 0 amide bonds. The number of aliphatic hydroxyl groups excluding tert-OH is 1. The lowest BCUT2D eigenvalue weighted by Crippen LogP contribution is -2.20. The smallest absolute Gasteiger partial charge is 0.267 e. The van der Waals surface area contributed by atoms with Crippen LogP contribution in [0.2, 0.25) is 0 Å². The van der Waals surface area contributed by atoms with Crippen LogP contribution in [0.3, 0.4) is 0 Å². The molecule has 0 rings (SSSR count). The minimum Gasteiger partial charge on any atom is -0.393 e. The van der Waals surface area contributed by atoms with Crippen molar-refractivity contribution < 1.29 is 18.1 Å². The van der Waals surface area contributed by atoms with Crippen LogP contribution in [-0.2, 0) is 10.1 Å². The lowest BCUT2D eigenvalue weighted by atomic mass is 10.0. The maximum Gasteiger partial charge on any atom is 0.267 e. The molecule has 0 fully saturated rings. The standard InChI is InChI=1S/C23H48O4S/c1-3-5-6-7-8-9-10-11-12-13-14-15-20-23(28(25,26)27)21-17-16-19-22(24)18-4-2/h22-24H,3-21H2,1-2H3,(H,25,26,27). The highest BCUT2D eigenvalue weighted by atomic mass is 32.2. The third kappa shape index (κ3) is 17.9. The summed E-state index contributed by atoms with van der Waals surface area (Å²) in [6, 6.07) is 0. The van der Waals surface area contributed by atoms with E-state index >= 15 is 0 Å². The zero-order valence-corrected chi connectivity index (χ0v) is 19.5. The first kappa shape index (κ1) is 27.9. The van der Waals surface area contributed by atoms with Crippen LogP contribution in [0.25, 0.3) is 0 Å². The van der Waals surface area contributed by atoms with Gasteiger partial charge in [-0.2, -0.15) is 8.42 Å². The Kier molecular flexibility index (Phi) is 18.8. The monoisotopic (exact) mass is 420 g/mol. The molecule has 0 bridgehead atoms. The van der Waals surface area contributed by atoms with Crippen LogP contribution in [0, 0.1) is 0 Å². The Morgan fingerprint density at radius 2 is 0.964 bits per heavy atom. The van der Waals surface area contributed by atoms with Gasteiger partial charge in [0.2, 0.25) is 0 Å². The van der Waals surface area contributed by atoms with E-state index in [1.807, 2.05) is 6.92 Å². The minimum absolute atomic E-state index is 0.273. The number of rotatable bonds is 21. The lowest BCUT2D eigenvalue weighted by Gasteiger charge is -2.14. The minimum atomic E-state index is -3.95. The quantitative estimate of drug-likeness (QED) is 0.154. The second-order valence-corrected chi connectivity index (χ2v) is 10.2. The number of aliphatic hydroxyl groups is 1. The molecule has 0 saturated carbocycles. The summed E-state index contributed by atoms with van der Waals surface area (Å²) in [5.74, 6) is 0. The van der Waals surface area contributed by atoms with Gasteiger partial charge in [-0.1, -0.05) is 110 Å². The fourth-order valence-electron chi connectivity index (χ4n) is 3.88. The van der Waals surface area contributed by atoms with Crippen molar-refractivity contribution >= 4 is 10.1 Å². The van der Waals surface area contributed by atoms with Crippen LogP contribution >= 0.6 is 0 Å². The summed E-state index contributed by atoms with van der Waals surface area (Å²) in [5, 5.41) is 9.11. The first-order chi connectivity index (χ1) is 13.4. The Bertz CT molecular complexity index is 422. The molecule has 0 aromatic rings. The molecule has 0 radical (unpaired) electrons. The average molecular weight is 421 g/mol. The maximum atomic E-state index is 11.6. The van der Waals surface area contributed by atoms with Crippen LogP contribution in [0.5, 0.6) is 0 Å². The average Bonchev–Trinajstić information content (AvgIpc) is 2.63. The normalized spacial score (nSPS) is 14.3. The Morgan fingerprint density at radius 3 is 1.39 bits per heavy atom. The molecule has 0 heterocycles. The fraction of sp³-hybridized carbons (Fsp3) is 1.00. The highest BCUT2D eigenvalue weighted by Crippen LogP contribution is 2.19. The Hall–Kier alpha value is -0.130. The largest absolute Gasteiger partial charge is 0.393 e. The zero-order valence-electron chi connectivity index (χ0n) is 18.7. The molecule has 0 saturated heterocycles. The van der Waals surface area contributed by atoms with Gasteiger partial charge in [0, 0.05) is 0 Å². The van der Waals surface area contributed by atoms with Crippen LogP contribution in [0.1, 0.15) is 136 Å². The summed E-state index contributed by atoms with van der Waals surface area (Å²) in [7, 11) is -3.95. The molecular weight excluding hydrogens is 372 g/mol. The van der Waals surface area contributed by atoms with Gasteiger partial charge in [0.1, 0.15) is 0 Å². The van der Waals surface area contributed by atoms with E-state index in [0.29, 0.717) is 12.8 Å². The third-order valence-electron chi connectivity index (χ3n) is 5.74. The van der Waals surface area contributed by atoms with Crippen molar-refractivity contribution in [1.82, 2.24) is 0 Å². The molecule has 2 N–H and O–H groups in total. The molecule has 0 aromatic heterocycles. The van der Waals surface area contributed by atoms with Gasteiger partial charge in [-0.3, -0.25) is 4.55 Å². The Labute approximate surface area is 175 Å². The predicted molar refractivity (Wildman–Crippen MR) is 120 cm³/mol. The summed E-state index contributed by atoms with van der Waals surface area (Å²) in [4.78, 5) is 0. The van der Waals surface area contributed by atoms with Gasteiger partial charge in [-0.15, -0.1) is 0 Å². The topological polar surface area (TPSA) is 74.6 Å². The van der Waals surface area contributed by atoms with Crippen LogP contribution < -0.4 is 0 Å². The van der Waals surface area contributed by atoms with Crippen molar-refractivity contribution in [3.8, 4) is 0 Å². The van der Waals surface area contributed by atoms with Crippen molar-refractivity contribution in [2.75, 3.05) is 0 Å². The SMILES string of the molecule is CCCCCCCCCCCCCCC(CCCCC(O)CCC)S(=O)(=O)O. The summed E-state index contributed by atoms with van der Waals surface area (Å²) in [6.07, 6.45) is 20.0. The van der Waals surface area contributed by atoms with Crippen LogP contribution in [0.15, 0.2) is 0 Å². The molecule has 2 atom stereocenters. The summed E-state index contributed by atoms with van der Waals surface area (Å²) in [6.45, 7) is 4.30. The van der Waals surface area contributed by atoms with Gasteiger partial charge in [-0.05, 0) is 25.7 Å². The van der Waals surface area contributed by atoms with Crippen molar-refractivity contribution in [2.24, 2.45) is 0 Å². The van der Waals surface area contributed by atoms with E-state index in [1.165, 1.54) is 57.8 Å². The van der Waals surface area contributed by atoms with E-state index in [9.17, 15) is 18.1 Å². The van der Waals surface area contributed by atoms with E-state index in [4.69, 9.17) is 0 Å². The second-order valence-electron chi connectivity index (χ2n) is 8.54. The molecule has 0 spiro atoms. The molecule has 4 nitrogen and oxygen atoms in total. The molecule has 0 aromatic carbocycles. The van der Waals surface area contributed by atoms with Crippen molar-refractivity contribution in [3.05, 3.63) is 0 Å². The fourth-order valence-corrected chi connectivity index (χ4v) is 4.81. The van der Waals surface area contributed by atoms with E-state index in [1.54, 1.807) is 0 Å². The molecule has 0 aliphatic rings. The highest BCUT2D eigenvalue weighted by Gasteiger charge is 2.22. The summed E-state index contributed by atoms with van der Waals surface area (Å²) >= 11 is 0. The van der Waals surface area contributed by atoms with Crippen LogP contribution in [0.4, 0.5) is 0 Å². The number of hydrogen-bond donors (Lipinski definition) is 2. The van der Waals surface area contributed by atoms with Crippen molar-refractivity contribution in [2.45, 2.75) is 147 Å².